The number of methoxy groups -OCH3 is 1. The second-order valence-corrected chi connectivity index (χ2v) is 4.47. The predicted octanol–water partition coefficient (Wildman–Crippen LogP) is 1.49. The lowest BCUT2D eigenvalue weighted by molar-refractivity contribution is 0.0845. The standard InChI is InChI=1S/C12H26N2O/c1-13-10-12(11-15-2)14-8-6-4-3-5-7-9-14/h12-13H,3-11H2,1-2H3. The Hall–Kier alpha value is -0.120. The molecule has 1 saturated heterocycles. The molecule has 3 heteroatoms. The molecular formula is C12H26N2O. The van der Waals surface area contributed by atoms with Gasteiger partial charge in [0.25, 0.3) is 0 Å². The zero-order valence-corrected chi connectivity index (χ0v) is 10.3. The zero-order chi connectivity index (χ0) is 10.9. The van der Waals surface area contributed by atoms with Crippen LogP contribution in [-0.4, -0.2) is 51.3 Å². The van der Waals surface area contributed by atoms with Crippen molar-refractivity contribution in [1.29, 1.82) is 0 Å². The Morgan fingerprint density at radius 3 is 2.27 bits per heavy atom. The van der Waals surface area contributed by atoms with E-state index in [1.165, 1.54) is 45.2 Å². The van der Waals surface area contributed by atoms with Crippen LogP contribution in [-0.2, 0) is 4.74 Å². The molecule has 1 atom stereocenters. The van der Waals surface area contributed by atoms with Gasteiger partial charge in [-0.3, -0.25) is 4.90 Å². The average Bonchev–Trinajstić information content (AvgIpc) is 2.17. The number of nitrogens with zero attached hydrogens (tertiary/aromatic N) is 1. The highest BCUT2D eigenvalue weighted by Gasteiger charge is 2.17. The maximum atomic E-state index is 5.30. The van der Waals surface area contributed by atoms with Crippen molar-refractivity contribution in [1.82, 2.24) is 10.2 Å². The summed E-state index contributed by atoms with van der Waals surface area (Å²) in [5.74, 6) is 0. The van der Waals surface area contributed by atoms with Crippen LogP contribution < -0.4 is 5.32 Å². The van der Waals surface area contributed by atoms with E-state index in [-0.39, 0.29) is 0 Å². The maximum absolute atomic E-state index is 5.30. The van der Waals surface area contributed by atoms with Crippen molar-refractivity contribution in [2.45, 2.75) is 38.1 Å². The minimum Gasteiger partial charge on any atom is -0.383 e. The lowest BCUT2D eigenvalue weighted by atomic mass is 10.1. The SMILES string of the molecule is CNCC(COC)N1CCCCCCC1. The molecule has 1 aliphatic rings. The van der Waals surface area contributed by atoms with Crippen LogP contribution in [0.25, 0.3) is 0 Å². The second kappa shape index (κ2) is 8.08. The van der Waals surface area contributed by atoms with E-state index in [0.717, 1.165) is 13.2 Å². The summed E-state index contributed by atoms with van der Waals surface area (Å²) in [4.78, 5) is 2.60. The first kappa shape index (κ1) is 12.9. The minimum absolute atomic E-state index is 0.554. The Morgan fingerprint density at radius 1 is 1.13 bits per heavy atom. The Bertz CT molecular complexity index is 139. The third-order valence-electron chi connectivity index (χ3n) is 3.21. The molecule has 90 valence electrons. The van der Waals surface area contributed by atoms with Gasteiger partial charge in [-0.15, -0.1) is 0 Å². The molecule has 1 unspecified atom stereocenters. The van der Waals surface area contributed by atoms with Gasteiger partial charge in [0.15, 0.2) is 0 Å². The highest BCUT2D eigenvalue weighted by atomic mass is 16.5. The topological polar surface area (TPSA) is 24.5 Å². The molecule has 0 saturated carbocycles. The summed E-state index contributed by atoms with van der Waals surface area (Å²) in [6, 6.07) is 0.554. The van der Waals surface area contributed by atoms with Gasteiger partial charge >= 0.3 is 0 Å². The minimum atomic E-state index is 0.554. The summed E-state index contributed by atoms with van der Waals surface area (Å²) in [7, 11) is 3.82. The molecule has 0 radical (unpaired) electrons. The number of likely N-dealkylation sites (tertiary alicyclic amines) is 1. The van der Waals surface area contributed by atoms with Crippen molar-refractivity contribution in [3.05, 3.63) is 0 Å². The van der Waals surface area contributed by atoms with Gasteiger partial charge in [-0.25, -0.2) is 0 Å². The van der Waals surface area contributed by atoms with Gasteiger partial charge in [0.2, 0.25) is 0 Å². The van der Waals surface area contributed by atoms with Crippen LogP contribution in [0.15, 0.2) is 0 Å². The van der Waals surface area contributed by atoms with Gasteiger partial charge in [-0.05, 0) is 33.0 Å². The van der Waals surface area contributed by atoms with Crippen LogP contribution in [0.1, 0.15) is 32.1 Å². The number of likely N-dealkylation sites (N-methyl/N-ethyl adjacent to an activating group) is 1. The average molecular weight is 214 g/mol. The normalized spacial score (nSPS) is 22.0. The molecule has 3 nitrogen and oxygen atoms in total. The molecule has 1 aliphatic heterocycles. The van der Waals surface area contributed by atoms with Crippen LogP contribution in [0.5, 0.6) is 0 Å². The Balaban J connectivity index is 2.38. The summed E-state index contributed by atoms with van der Waals surface area (Å²) in [5, 5.41) is 3.26. The summed E-state index contributed by atoms with van der Waals surface area (Å²) in [6.45, 7) is 4.38. The molecule has 1 fully saturated rings. The summed E-state index contributed by atoms with van der Waals surface area (Å²) in [6.07, 6.45) is 6.92. The molecule has 0 aromatic carbocycles. The molecule has 0 amide bonds. The van der Waals surface area contributed by atoms with E-state index in [1.54, 1.807) is 7.11 Å². The van der Waals surface area contributed by atoms with E-state index in [4.69, 9.17) is 4.74 Å². The lowest BCUT2D eigenvalue weighted by Crippen LogP contribution is -2.45. The van der Waals surface area contributed by atoms with Crippen LogP contribution in [0, 0.1) is 0 Å². The van der Waals surface area contributed by atoms with Crippen LogP contribution >= 0.6 is 0 Å². The molecule has 0 aromatic heterocycles. The quantitative estimate of drug-likeness (QED) is 0.750. The summed E-state index contributed by atoms with van der Waals surface area (Å²) >= 11 is 0. The van der Waals surface area contributed by atoms with Crippen molar-refractivity contribution in [2.75, 3.05) is 40.4 Å². The monoisotopic (exact) mass is 214 g/mol. The first-order valence-corrected chi connectivity index (χ1v) is 6.26. The fourth-order valence-electron chi connectivity index (χ4n) is 2.36. The first-order chi connectivity index (χ1) is 7.38. The largest absolute Gasteiger partial charge is 0.383 e. The molecule has 0 bridgehead atoms. The Kier molecular flexibility index (Phi) is 6.98. The van der Waals surface area contributed by atoms with E-state index in [2.05, 4.69) is 10.2 Å². The smallest absolute Gasteiger partial charge is 0.0630 e. The maximum Gasteiger partial charge on any atom is 0.0630 e. The van der Waals surface area contributed by atoms with Crippen LogP contribution in [0.4, 0.5) is 0 Å². The van der Waals surface area contributed by atoms with Gasteiger partial charge in [-0.2, -0.15) is 0 Å². The number of hydrogen-bond acceptors (Lipinski definition) is 3. The van der Waals surface area contributed by atoms with Gasteiger partial charge in [0.05, 0.1) is 6.61 Å². The molecule has 1 rings (SSSR count). The van der Waals surface area contributed by atoms with E-state index < -0.39 is 0 Å². The van der Waals surface area contributed by atoms with E-state index in [9.17, 15) is 0 Å². The highest BCUT2D eigenvalue weighted by Crippen LogP contribution is 2.12. The molecule has 0 aromatic rings. The number of hydrogen-bond donors (Lipinski definition) is 1. The number of ether oxygens (including phenoxy) is 1. The molecule has 15 heavy (non-hydrogen) atoms. The van der Waals surface area contributed by atoms with Gasteiger partial charge in [0, 0.05) is 19.7 Å². The van der Waals surface area contributed by atoms with Gasteiger partial charge < -0.3 is 10.1 Å². The molecular weight excluding hydrogens is 188 g/mol. The van der Waals surface area contributed by atoms with Crippen molar-refractivity contribution >= 4 is 0 Å². The fourth-order valence-corrected chi connectivity index (χ4v) is 2.36. The third kappa shape index (κ3) is 4.96. The zero-order valence-electron chi connectivity index (χ0n) is 10.3. The van der Waals surface area contributed by atoms with Gasteiger partial charge in [-0.1, -0.05) is 19.3 Å². The van der Waals surface area contributed by atoms with Crippen LogP contribution in [0.3, 0.4) is 0 Å². The van der Waals surface area contributed by atoms with Gasteiger partial charge in [0.1, 0.15) is 0 Å². The first-order valence-electron chi connectivity index (χ1n) is 6.26. The van der Waals surface area contributed by atoms with Crippen LogP contribution in [0.2, 0.25) is 0 Å². The van der Waals surface area contributed by atoms with E-state index in [1.807, 2.05) is 7.05 Å². The third-order valence-corrected chi connectivity index (χ3v) is 3.21. The van der Waals surface area contributed by atoms with Crippen molar-refractivity contribution in [3.63, 3.8) is 0 Å². The van der Waals surface area contributed by atoms with E-state index in [0.29, 0.717) is 6.04 Å². The fraction of sp³-hybridized carbons (Fsp3) is 1.00. The summed E-state index contributed by atoms with van der Waals surface area (Å²) < 4.78 is 5.30. The molecule has 0 aliphatic carbocycles. The number of rotatable bonds is 5. The highest BCUT2D eigenvalue weighted by molar-refractivity contribution is 4.74. The molecule has 1 N–H and O–H groups in total. The molecule has 0 spiro atoms. The predicted molar refractivity (Wildman–Crippen MR) is 64.2 cm³/mol. The van der Waals surface area contributed by atoms with E-state index >= 15 is 0 Å². The Labute approximate surface area is 94.2 Å². The molecule has 1 heterocycles. The van der Waals surface area contributed by atoms with Crippen molar-refractivity contribution in [2.24, 2.45) is 0 Å². The second-order valence-electron chi connectivity index (χ2n) is 4.47. The summed E-state index contributed by atoms with van der Waals surface area (Å²) in [5.41, 5.74) is 0. The number of nitrogens with one attached hydrogen (secondary N) is 1. The van der Waals surface area contributed by atoms with Crippen molar-refractivity contribution in [3.8, 4) is 0 Å². The van der Waals surface area contributed by atoms with Crippen molar-refractivity contribution < 1.29 is 4.74 Å². The Morgan fingerprint density at radius 2 is 1.73 bits per heavy atom. The lowest BCUT2D eigenvalue weighted by Gasteiger charge is -2.32.